The zero-order chi connectivity index (χ0) is 19.3. The molecule has 0 unspecified atom stereocenters. The first-order valence-corrected chi connectivity index (χ1v) is 10.5. The molecule has 5 rings (SSSR count). The Morgan fingerprint density at radius 1 is 1.32 bits per heavy atom. The third-order valence-corrected chi connectivity index (χ3v) is 6.98. The number of hydrogen-bond acceptors (Lipinski definition) is 6. The minimum Gasteiger partial charge on any atom is -0.378 e. The molecule has 152 valence electrons. The fourth-order valence-electron chi connectivity index (χ4n) is 5.69. The lowest BCUT2D eigenvalue weighted by atomic mass is 9.73. The van der Waals surface area contributed by atoms with Crippen LogP contribution in [0.5, 0.6) is 0 Å². The van der Waals surface area contributed by atoms with Crippen LogP contribution in [-0.2, 0) is 9.47 Å². The summed E-state index contributed by atoms with van der Waals surface area (Å²) in [5.74, 6) is 1.99. The predicted octanol–water partition coefficient (Wildman–Crippen LogP) is 1.10. The molecule has 2 bridgehead atoms. The van der Waals surface area contributed by atoms with E-state index in [9.17, 15) is 4.79 Å². The summed E-state index contributed by atoms with van der Waals surface area (Å²) in [5.41, 5.74) is 0.564. The first-order chi connectivity index (χ1) is 13.6. The summed E-state index contributed by atoms with van der Waals surface area (Å²) in [4.78, 5) is 24.2. The molecule has 7 nitrogen and oxygen atoms in total. The molecule has 0 N–H and O–H groups in total. The highest BCUT2D eigenvalue weighted by Crippen LogP contribution is 2.55. The average molecular weight is 386 g/mol. The van der Waals surface area contributed by atoms with Crippen LogP contribution in [0, 0.1) is 11.8 Å². The van der Waals surface area contributed by atoms with Gasteiger partial charge < -0.3 is 24.2 Å². The third-order valence-electron chi connectivity index (χ3n) is 6.98. The molecule has 0 aromatic carbocycles. The van der Waals surface area contributed by atoms with Crippen LogP contribution in [-0.4, -0.2) is 92.4 Å². The largest absolute Gasteiger partial charge is 0.378 e. The highest BCUT2D eigenvalue weighted by atomic mass is 16.5. The molecule has 1 aromatic heterocycles. The quantitative estimate of drug-likeness (QED) is 0.772. The molecule has 0 aliphatic carbocycles. The molecule has 4 fully saturated rings. The van der Waals surface area contributed by atoms with E-state index in [0.29, 0.717) is 23.5 Å². The number of carbonyl (C=O) groups is 1. The predicted molar refractivity (Wildman–Crippen MR) is 106 cm³/mol. The summed E-state index contributed by atoms with van der Waals surface area (Å²) >= 11 is 0. The van der Waals surface area contributed by atoms with Crippen molar-refractivity contribution in [3.8, 4) is 0 Å². The maximum Gasteiger partial charge on any atom is 0.255 e. The molecule has 4 aliphatic rings. The van der Waals surface area contributed by atoms with Gasteiger partial charge in [0.1, 0.15) is 5.82 Å². The number of likely N-dealkylation sites (tertiary alicyclic amines) is 1. The Morgan fingerprint density at radius 3 is 2.86 bits per heavy atom. The zero-order valence-electron chi connectivity index (χ0n) is 16.8. The van der Waals surface area contributed by atoms with Crippen LogP contribution < -0.4 is 4.90 Å². The summed E-state index contributed by atoms with van der Waals surface area (Å²) in [6.07, 6.45) is 4.32. The first kappa shape index (κ1) is 18.3. The van der Waals surface area contributed by atoms with Gasteiger partial charge in [0.25, 0.3) is 5.91 Å². The van der Waals surface area contributed by atoms with Gasteiger partial charge in [-0.1, -0.05) is 0 Å². The molecule has 1 aromatic rings. The van der Waals surface area contributed by atoms with Crippen LogP contribution in [0.3, 0.4) is 0 Å². The Hall–Kier alpha value is -1.70. The van der Waals surface area contributed by atoms with E-state index >= 15 is 0 Å². The van der Waals surface area contributed by atoms with Crippen LogP contribution in [0.4, 0.5) is 5.82 Å². The number of fused-ring (bicyclic) bond motifs is 1. The normalized spacial score (nSPS) is 34.3. The molecule has 4 aliphatic heterocycles. The lowest BCUT2D eigenvalue weighted by molar-refractivity contribution is 0.00256. The minimum atomic E-state index is -0.109. The molecule has 0 saturated carbocycles. The number of hydrogen-bond donors (Lipinski definition) is 0. The van der Waals surface area contributed by atoms with Gasteiger partial charge in [0.05, 0.1) is 37.0 Å². The van der Waals surface area contributed by atoms with Gasteiger partial charge in [0.2, 0.25) is 0 Å². The number of pyridine rings is 1. The van der Waals surface area contributed by atoms with Gasteiger partial charge in [-0.3, -0.25) is 4.79 Å². The van der Waals surface area contributed by atoms with Crippen LogP contribution in [0.2, 0.25) is 0 Å². The van der Waals surface area contributed by atoms with Crippen molar-refractivity contribution in [1.82, 2.24) is 14.8 Å². The number of ether oxygens (including phenoxy) is 2. The second-order valence-corrected chi connectivity index (χ2v) is 8.98. The minimum absolute atomic E-state index is 0.0838. The lowest BCUT2D eigenvalue weighted by Gasteiger charge is -2.30. The molecule has 28 heavy (non-hydrogen) atoms. The fourth-order valence-corrected chi connectivity index (χ4v) is 5.69. The van der Waals surface area contributed by atoms with Gasteiger partial charge in [0, 0.05) is 44.2 Å². The van der Waals surface area contributed by atoms with Gasteiger partial charge in [-0.2, -0.15) is 0 Å². The van der Waals surface area contributed by atoms with Gasteiger partial charge in [-0.25, -0.2) is 4.98 Å². The monoisotopic (exact) mass is 386 g/mol. The highest BCUT2D eigenvalue weighted by Gasteiger charge is 2.63. The fraction of sp³-hybridized carbons (Fsp3) is 0.714. The Balaban J connectivity index is 1.29. The van der Waals surface area contributed by atoms with Crippen LogP contribution in [0.15, 0.2) is 18.3 Å². The van der Waals surface area contributed by atoms with E-state index in [0.717, 1.165) is 64.6 Å². The van der Waals surface area contributed by atoms with Crippen molar-refractivity contribution in [3.05, 3.63) is 23.9 Å². The summed E-state index contributed by atoms with van der Waals surface area (Å²) in [5, 5.41) is 0. The number of morpholine rings is 1. The summed E-state index contributed by atoms with van der Waals surface area (Å²) < 4.78 is 11.9. The van der Waals surface area contributed by atoms with Crippen molar-refractivity contribution in [3.63, 3.8) is 0 Å². The van der Waals surface area contributed by atoms with Crippen molar-refractivity contribution in [2.75, 3.05) is 64.9 Å². The Bertz CT molecular complexity index is 734. The van der Waals surface area contributed by atoms with Gasteiger partial charge >= 0.3 is 0 Å². The van der Waals surface area contributed by atoms with E-state index in [2.05, 4.69) is 28.9 Å². The first-order valence-electron chi connectivity index (χ1n) is 10.5. The van der Waals surface area contributed by atoms with Crippen molar-refractivity contribution in [1.29, 1.82) is 0 Å². The second kappa shape index (κ2) is 6.97. The van der Waals surface area contributed by atoms with Gasteiger partial charge in [-0.15, -0.1) is 0 Å². The molecular formula is C21H30N4O3. The highest BCUT2D eigenvalue weighted by molar-refractivity contribution is 5.94. The molecule has 5 heterocycles. The molecule has 4 saturated heterocycles. The molecule has 7 heteroatoms. The maximum atomic E-state index is 13.2. The number of carbonyl (C=O) groups excluding carboxylic acids is 1. The van der Waals surface area contributed by atoms with Crippen molar-refractivity contribution < 1.29 is 14.3 Å². The van der Waals surface area contributed by atoms with Crippen molar-refractivity contribution in [2.24, 2.45) is 11.8 Å². The lowest BCUT2D eigenvalue weighted by Crippen LogP contribution is -2.40. The van der Waals surface area contributed by atoms with Crippen LogP contribution in [0.25, 0.3) is 0 Å². The summed E-state index contributed by atoms with van der Waals surface area (Å²) in [6, 6.07) is 3.88. The van der Waals surface area contributed by atoms with E-state index in [1.54, 1.807) is 6.20 Å². The Kier molecular flexibility index (Phi) is 4.56. The average Bonchev–Trinajstić information content (AvgIpc) is 3.38. The molecule has 1 amide bonds. The SMILES string of the molecule is CN(C)C[C@H]1[C@@H]2CC[C@@]3(CN(C(=O)c4ccc(N5CCOCC5)nc4)C[C@@H]13)O2. The molecule has 1 spiro atoms. The van der Waals surface area contributed by atoms with Crippen molar-refractivity contribution in [2.45, 2.75) is 24.5 Å². The Morgan fingerprint density at radius 2 is 2.14 bits per heavy atom. The molecule has 4 atom stereocenters. The van der Waals surface area contributed by atoms with E-state index in [4.69, 9.17) is 9.47 Å². The van der Waals surface area contributed by atoms with E-state index in [1.165, 1.54) is 0 Å². The standard InChI is InChI=1S/C21H30N4O3/c1-23(2)12-16-17-13-25(14-21(17)6-5-18(16)28-21)20(26)15-3-4-19(22-11-15)24-7-9-27-10-8-24/h3-4,11,16-18H,5-10,12-14H2,1-2H3/t16-,17+,18+,21+/m1/s1. The van der Waals surface area contributed by atoms with E-state index < -0.39 is 0 Å². The third kappa shape index (κ3) is 3.00. The number of anilines is 1. The number of amides is 1. The topological polar surface area (TPSA) is 58.1 Å². The Labute approximate surface area is 166 Å². The van der Waals surface area contributed by atoms with E-state index in [-0.39, 0.29) is 11.5 Å². The summed E-state index contributed by atoms with van der Waals surface area (Å²) in [7, 11) is 4.25. The second-order valence-electron chi connectivity index (χ2n) is 8.98. The number of aromatic nitrogens is 1. The van der Waals surface area contributed by atoms with Crippen LogP contribution >= 0.6 is 0 Å². The van der Waals surface area contributed by atoms with Crippen LogP contribution in [0.1, 0.15) is 23.2 Å². The van der Waals surface area contributed by atoms with E-state index in [1.807, 2.05) is 17.0 Å². The van der Waals surface area contributed by atoms with Gasteiger partial charge in [-0.05, 0) is 39.1 Å². The smallest absolute Gasteiger partial charge is 0.255 e. The van der Waals surface area contributed by atoms with Gasteiger partial charge in [0.15, 0.2) is 0 Å². The molecular weight excluding hydrogens is 356 g/mol. The number of rotatable bonds is 4. The van der Waals surface area contributed by atoms with Crippen molar-refractivity contribution >= 4 is 11.7 Å². The molecule has 0 radical (unpaired) electrons. The zero-order valence-corrected chi connectivity index (χ0v) is 16.8. The summed E-state index contributed by atoms with van der Waals surface area (Å²) in [6.45, 7) is 5.73. The number of nitrogens with zero attached hydrogens (tertiary/aromatic N) is 4. The maximum absolute atomic E-state index is 13.2.